The third-order valence-electron chi connectivity index (χ3n) is 3.79. The molecular weight excluding hydrogens is 248 g/mol. The molecule has 0 amide bonds. The average molecular weight is 264 g/mol. The number of allylic oxidation sites excluding steroid dienone is 2. The van der Waals surface area contributed by atoms with E-state index in [1.54, 1.807) is 0 Å². The van der Waals surface area contributed by atoms with Gasteiger partial charge in [-0.1, -0.05) is 12.8 Å². The number of hydrogen-bond acceptors (Lipinski definition) is 4. The molecule has 1 heterocycles. The van der Waals surface area contributed by atoms with E-state index in [-0.39, 0.29) is 9.81 Å². The van der Waals surface area contributed by atoms with Gasteiger partial charge >= 0.3 is 0 Å². The van der Waals surface area contributed by atoms with E-state index in [1.807, 2.05) is 0 Å². The van der Waals surface area contributed by atoms with Crippen LogP contribution < -0.4 is 0 Å². The second-order valence-electron chi connectivity index (χ2n) is 4.56. The number of fused-ring (bicyclic) bond motifs is 1. The Morgan fingerprint density at radius 1 is 0.812 bits per heavy atom. The van der Waals surface area contributed by atoms with Crippen molar-refractivity contribution in [3.05, 3.63) is 9.81 Å². The van der Waals surface area contributed by atoms with Crippen LogP contribution in [0.3, 0.4) is 0 Å². The Morgan fingerprint density at radius 3 is 1.44 bits per heavy atom. The van der Waals surface area contributed by atoms with Crippen LogP contribution in [0.1, 0.15) is 39.5 Å². The number of hydrogen-bond donors (Lipinski definition) is 0. The Bertz CT molecular complexity index is 489. The van der Waals surface area contributed by atoms with Gasteiger partial charge in [0.05, 0.1) is 20.3 Å². The monoisotopic (exact) mass is 264 g/mol. The fraction of sp³-hybridized carbons (Fsp3) is 0.800. The minimum atomic E-state index is -3.38. The largest absolute Gasteiger partial charge is 0.224 e. The van der Waals surface area contributed by atoms with Gasteiger partial charge in [-0.25, -0.2) is 16.8 Å². The van der Waals surface area contributed by atoms with Crippen LogP contribution in [-0.2, 0) is 19.7 Å². The van der Waals surface area contributed by atoms with Crippen molar-refractivity contribution in [3.63, 3.8) is 0 Å². The molecule has 2 unspecified atom stereocenters. The summed E-state index contributed by atoms with van der Waals surface area (Å²) in [4.78, 5) is 0.103. The molecule has 0 saturated heterocycles. The normalized spacial score (nSPS) is 36.9. The van der Waals surface area contributed by atoms with Crippen molar-refractivity contribution in [2.75, 3.05) is 0 Å². The van der Waals surface area contributed by atoms with E-state index in [0.717, 1.165) is 12.8 Å². The maximum Gasteiger partial charge on any atom is 0.179 e. The van der Waals surface area contributed by atoms with Gasteiger partial charge in [-0.3, -0.25) is 0 Å². The van der Waals surface area contributed by atoms with E-state index < -0.39 is 30.2 Å². The van der Waals surface area contributed by atoms with Crippen LogP contribution >= 0.6 is 0 Å². The zero-order valence-electron chi connectivity index (χ0n) is 9.43. The molecule has 0 N–H and O–H groups in total. The predicted molar refractivity (Wildman–Crippen MR) is 62.3 cm³/mol. The van der Waals surface area contributed by atoms with Crippen LogP contribution in [0.15, 0.2) is 9.81 Å². The molecule has 6 heteroatoms. The van der Waals surface area contributed by atoms with Gasteiger partial charge in [0, 0.05) is 0 Å². The van der Waals surface area contributed by atoms with Gasteiger partial charge in [0.1, 0.15) is 0 Å². The lowest BCUT2D eigenvalue weighted by Gasteiger charge is -2.35. The summed E-state index contributed by atoms with van der Waals surface area (Å²) in [5.74, 6) is 0. The second-order valence-corrected chi connectivity index (χ2v) is 9.18. The third kappa shape index (κ3) is 1.46. The lowest BCUT2D eigenvalue weighted by Crippen LogP contribution is -2.46. The van der Waals surface area contributed by atoms with Crippen LogP contribution in [0, 0.1) is 0 Å². The van der Waals surface area contributed by atoms with Crippen molar-refractivity contribution >= 4 is 19.7 Å². The minimum Gasteiger partial charge on any atom is -0.224 e. The highest BCUT2D eigenvalue weighted by Gasteiger charge is 2.49. The molecule has 92 valence electrons. The predicted octanol–water partition coefficient (Wildman–Crippen LogP) is 1.39. The lowest BCUT2D eigenvalue weighted by molar-refractivity contribution is 0.471. The Morgan fingerprint density at radius 2 is 1.12 bits per heavy atom. The molecule has 16 heavy (non-hydrogen) atoms. The fourth-order valence-corrected chi connectivity index (χ4v) is 7.94. The van der Waals surface area contributed by atoms with E-state index in [0.29, 0.717) is 12.8 Å². The zero-order chi connectivity index (χ0) is 12.1. The van der Waals surface area contributed by atoms with Crippen molar-refractivity contribution in [1.29, 1.82) is 0 Å². The summed E-state index contributed by atoms with van der Waals surface area (Å²) >= 11 is 0. The quantitative estimate of drug-likeness (QED) is 0.663. The molecule has 4 nitrogen and oxygen atoms in total. The first-order valence-corrected chi connectivity index (χ1v) is 8.54. The van der Waals surface area contributed by atoms with E-state index in [9.17, 15) is 16.8 Å². The topological polar surface area (TPSA) is 68.3 Å². The lowest BCUT2D eigenvalue weighted by atomic mass is 10.00. The van der Waals surface area contributed by atoms with Gasteiger partial charge in [0.15, 0.2) is 19.7 Å². The number of rotatable bonds is 0. The molecule has 1 fully saturated rings. The molecule has 1 aliphatic carbocycles. The molecule has 2 aliphatic rings. The molecule has 0 spiro atoms. The van der Waals surface area contributed by atoms with Crippen LogP contribution in [0.5, 0.6) is 0 Å². The summed E-state index contributed by atoms with van der Waals surface area (Å²) < 4.78 is 48.5. The first-order chi connectivity index (χ1) is 7.29. The summed E-state index contributed by atoms with van der Waals surface area (Å²) in [6.45, 7) is 2.82. The molecule has 0 bridgehead atoms. The van der Waals surface area contributed by atoms with Crippen molar-refractivity contribution in [2.24, 2.45) is 0 Å². The first-order valence-electron chi connectivity index (χ1n) is 5.45. The molecule has 2 atom stereocenters. The van der Waals surface area contributed by atoms with Gasteiger partial charge in [-0.2, -0.15) is 0 Å². The highest BCUT2D eigenvalue weighted by atomic mass is 32.2. The van der Waals surface area contributed by atoms with E-state index >= 15 is 0 Å². The summed E-state index contributed by atoms with van der Waals surface area (Å²) in [6.07, 6.45) is 2.58. The number of sulfone groups is 2. The maximum atomic E-state index is 12.1. The Kier molecular flexibility index (Phi) is 2.70. The molecule has 2 rings (SSSR count). The van der Waals surface area contributed by atoms with Gasteiger partial charge in [0.2, 0.25) is 0 Å². The average Bonchev–Trinajstić information content (AvgIpc) is 2.25. The summed E-state index contributed by atoms with van der Waals surface area (Å²) in [5, 5.41) is -1.40. The highest BCUT2D eigenvalue weighted by Crippen LogP contribution is 2.40. The molecule has 1 aliphatic heterocycles. The third-order valence-corrected chi connectivity index (χ3v) is 9.13. The van der Waals surface area contributed by atoms with E-state index in [2.05, 4.69) is 0 Å². The molecule has 0 aromatic rings. The molecular formula is C10H16O4S2. The fourth-order valence-electron chi connectivity index (χ4n) is 2.63. The van der Waals surface area contributed by atoms with Gasteiger partial charge < -0.3 is 0 Å². The van der Waals surface area contributed by atoms with Gasteiger partial charge in [-0.15, -0.1) is 0 Å². The summed E-state index contributed by atoms with van der Waals surface area (Å²) in [6, 6.07) is 0. The van der Waals surface area contributed by atoms with Crippen molar-refractivity contribution < 1.29 is 16.8 Å². The molecule has 0 aromatic carbocycles. The summed E-state index contributed by atoms with van der Waals surface area (Å²) in [7, 11) is -6.76. The Hall–Kier alpha value is -0.360. The van der Waals surface area contributed by atoms with Crippen molar-refractivity contribution in [3.8, 4) is 0 Å². The maximum absolute atomic E-state index is 12.1. The molecule has 1 saturated carbocycles. The van der Waals surface area contributed by atoms with Crippen molar-refractivity contribution in [1.82, 2.24) is 0 Å². The van der Waals surface area contributed by atoms with Crippen molar-refractivity contribution in [2.45, 2.75) is 50.0 Å². The van der Waals surface area contributed by atoms with Gasteiger partial charge in [-0.05, 0) is 26.7 Å². The molecule has 0 radical (unpaired) electrons. The minimum absolute atomic E-state index is 0.0515. The standard InChI is InChI=1S/C10H16O4S2/c1-7-8(2)16(13,14)10-6-4-3-5-9(10)15(7,11)12/h9-10H,3-6H2,1-2H3. The first kappa shape index (κ1) is 12.1. The SMILES string of the molecule is CC1=C(C)S(=O)(=O)C2CCCCC2S1(=O)=O. The van der Waals surface area contributed by atoms with Crippen LogP contribution in [0.4, 0.5) is 0 Å². The Labute approximate surface area is 96.6 Å². The smallest absolute Gasteiger partial charge is 0.179 e. The molecule has 0 aromatic heterocycles. The van der Waals surface area contributed by atoms with Crippen LogP contribution in [0.25, 0.3) is 0 Å². The highest BCUT2D eigenvalue weighted by molar-refractivity contribution is 8.03. The zero-order valence-corrected chi connectivity index (χ0v) is 11.1. The Balaban J connectivity index is 2.70. The second kappa shape index (κ2) is 3.57. The summed E-state index contributed by atoms with van der Waals surface area (Å²) in [5.41, 5.74) is 0. The van der Waals surface area contributed by atoms with E-state index in [1.165, 1.54) is 13.8 Å². The van der Waals surface area contributed by atoms with Crippen LogP contribution in [-0.4, -0.2) is 27.3 Å². The van der Waals surface area contributed by atoms with E-state index in [4.69, 9.17) is 0 Å². The van der Waals surface area contributed by atoms with Gasteiger partial charge in [0.25, 0.3) is 0 Å². The van der Waals surface area contributed by atoms with Crippen LogP contribution in [0.2, 0.25) is 0 Å².